The van der Waals surface area contributed by atoms with Crippen LogP contribution in [0.1, 0.15) is 33.3 Å². The van der Waals surface area contributed by atoms with Crippen LogP contribution >= 0.6 is 0 Å². The number of hydrogen-bond donors (Lipinski definition) is 0. The molecule has 0 atom stereocenters. The predicted octanol–water partition coefficient (Wildman–Crippen LogP) is 3.90. The van der Waals surface area contributed by atoms with Crippen LogP contribution in [0.25, 0.3) is 16.3 Å². The smallest absolute Gasteiger partial charge is 0.340 e. The molecular weight excluding hydrogens is 356 g/mol. The molecule has 0 radical (unpaired) electrons. The minimum atomic E-state index is -0.483. The van der Waals surface area contributed by atoms with Gasteiger partial charge in [0.05, 0.1) is 31.0 Å². The summed E-state index contributed by atoms with van der Waals surface area (Å²) in [6.07, 6.45) is 1.68. The van der Waals surface area contributed by atoms with Crippen LogP contribution in [-0.2, 0) is 4.74 Å². The molecule has 0 N–H and O–H groups in total. The van der Waals surface area contributed by atoms with E-state index in [0.717, 1.165) is 10.8 Å². The van der Waals surface area contributed by atoms with Crippen molar-refractivity contribution in [2.75, 3.05) is 13.7 Å². The molecule has 0 saturated heterocycles. The maximum Gasteiger partial charge on any atom is 0.340 e. The molecule has 0 fully saturated rings. The molecular formula is C22H18N2O4. The number of nitrogens with zero attached hydrogens (tertiary/aromatic N) is 2. The van der Waals surface area contributed by atoms with Crippen LogP contribution in [0.2, 0.25) is 0 Å². The standard InChI is InChI=1S/C22H18N2O4/c1-3-28-22(26)18-12-19(21(25)14-8-6-9-16(11-14)27-2)24-20(18)17-10-5-4-7-15(17)13-23-24/h4-13H,3H2,1-2H3. The lowest BCUT2D eigenvalue weighted by atomic mass is 10.1. The molecule has 0 unspecified atom stereocenters. The molecule has 2 aromatic carbocycles. The molecule has 0 spiro atoms. The molecule has 6 nitrogen and oxygen atoms in total. The normalized spacial score (nSPS) is 10.9. The van der Waals surface area contributed by atoms with Crippen LogP contribution in [0.15, 0.2) is 60.8 Å². The van der Waals surface area contributed by atoms with Crippen molar-refractivity contribution in [1.82, 2.24) is 9.61 Å². The number of benzene rings is 2. The first-order valence-corrected chi connectivity index (χ1v) is 8.89. The van der Waals surface area contributed by atoms with Crippen LogP contribution in [-0.4, -0.2) is 35.1 Å². The SMILES string of the molecule is CCOC(=O)c1cc(C(=O)c2cccc(OC)c2)n2ncc3ccccc3c12. The van der Waals surface area contributed by atoms with Gasteiger partial charge in [-0.15, -0.1) is 0 Å². The third kappa shape index (κ3) is 2.89. The Hall–Kier alpha value is -3.67. The number of carbonyl (C=O) groups excluding carboxylic acids is 2. The average Bonchev–Trinajstić information content (AvgIpc) is 3.13. The first-order chi connectivity index (χ1) is 13.6. The molecule has 0 amide bonds. The van der Waals surface area contributed by atoms with Gasteiger partial charge in [0.15, 0.2) is 0 Å². The van der Waals surface area contributed by atoms with Crippen LogP contribution in [0, 0.1) is 0 Å². The summed E-state index contributed by atoms with van der Waals surface area (Å²) in [5.74, 6) is -0.161. The molecule has 6 heteroatoms. The van der Waals surface area contributed by atoms with Gasteiger partial charge in [0.25, 0.3) is 0 Å². The van der Waals surface area contributed by atoms with Gasteiger partial charge in [0, 0.05) is 16.3 Å². The van der Waals surface area contributed by atoms with Gasteiger partial charge < -0.3 is 9.47 Å². The Morgan fingerprint density at radius 2 is 1.89 bits per heavy atom. The highest BCUT2D eigenvalue weighted by Gasteiger charge is 2.24. The number of fused-ring (bicyclic) bond motifs is 3. The maximum atomic E-state index is 13.2. The number of methoxy groups -OCH3 is 1. The number of ether oxygens (including phenoxy) is 2. The fraction of sp³-hybridized carbons (Fsp3) is 0.136. The summed E-state index contributed by atoms with van der Waals surface area (Å²) in [4.78, 5) is 25.8. The largest absolute Gasteiger partial charge is 0.497 e. The highest BCUT2D eigenvalue weighted by atomic mass is 16.5. The third-order valence-electron chi connectivity index (χ3n) is 4.56. The summed E-state index contributed by atoms with van der Waals surface area (Å²) in [7, 11) is 1.54. The number of carbonyl (C=O) groups is 2. The highest BCUT2D eigenvalue weighted by molar-refractivity contribution is 6.14. The molecule has 28 heavy (non-hydrogen) atoms. The number of esters is 1. The average molecular weight is 374 g/mol. The molecule has 2 aromatic heterocycles. The van der Waals surface area contributed by atoms with Crippen molar-refractivity contribution < 1.29 is 19.1 Å². The quantitative estimate of drug-likeness (QED) is 0.391. The van der Waals surface area contributed by atoms with Gasteiger partial charge in [-0.3, -0.25) is 4.79 Å². The first-order valence-electron chi connectivity index (χ1n) is 8.89. The Morgan fingerprint density at radius 1 is 1.07 bits per heavy atom. The topological polar surface area (TPSA) is 69.9 Å². The minimum absolute atomic E-state index is 0.244. The third-order valence-corrected chi connectivity index (χ3v) is 4.56. The van der Waals surface area contributed by atoms with Crippen molar-refractivity contribution in [3.63, 3.8) is 0 Å². The van der Waals surface area contributed by atoms with E-state index < -0.39 is 5.97 Å². The zero-order valence-electron chi connectivity index (χ0n) is 15.5. The van der Waals surface area contributed by atoms with Gasteiger partial charge in [0.2, 0.25) is 5.78 Å². The maximum absolute atomic E-state index is 13.2. The van der Waals surface area contributed by atoms with Crippen LogP contribution in [0.4, 0.5) is 0 Å². The second-order valence-electron chi connectivity index (χ2n) is 6.22. The van der Waals surface area contributed by atoms with Gasteiger partial charge in [-0.25, -0.2) is 9.31 Å². The second-order valence-corrected chi connectivity index (χ2v) is 6.22. The lowest BCUT2D eigenvalue weighted by Gasteiger charge is -2.06. The van der Waals surface area contributed by atoms with Crippen molar-refractivity contribution in [3.05, 3.63) is 77.6 Å². The highest BCUT2D eigenvalue weighted by Crippen LogP contribution is 2.27. The summed E-state index contributed by atoms with van der Waals surface area (Å²) < 4.78 is 11.9. The van der Waals surface area contributed by atoms with Crippen molar-refractivity contribution in [1.29, 1.82) is 0 Å². The van der Waals surface area contributed by atoms with Crippen molar-refractivity contribution in [2.45, 2.75) is 6.92 Å². The molecule has 4 aromatic rings. The van der Waals surface area contributed by atoms with Crippen molar-refractivity contribution in [3.8, 4) is 5.75 Å². The molecule has 0 aliphatic rings. The summed E-state index contributed by atoms with van der Waals surface area (Å²) in [5, 5.41) is 6.12. The van der Waals surface area contributed by atoms with Gasteiger partial charge in [-0.05, 0) is 25.1 Å². The lowest BCUT2D eigenvalue weighted by Crippen LogP contribution is -2.07. The summed E-state index contributed by atoms with van der Waals surface area (Å²) in [6, 6.07) is 16.0. The molecule has 0 saturated carbocycles. The van der Waals surface area contributed by atoms with Gasteiger partial charge in [0.1, 0.15) is 11.4 Å². The molecule has 2 heterocycles. The molecule has 0 aliphatic carbocycles. The fourth-order valence-corrected chi connectivity index (χ4v) is 3.26. The van der Waals surface area contributed by atoms with E-state index in [9.17, 15) is 9.59 Å². The van der Waals surface area contributed by atoms with E-state index in [0.29, 0.717) is 22.4 Å². The number of ketones is 1. The molecule has 140 valence electrons. The van der Waals surface area contributed by atoms with E-state index in [2.05, 4.69) is 5.10 Å². The Kier molecular flexibility index (Phi) is 4.53. The van der Waals surface area contributed by atoms with Crippen molar-refractivity contribution >= 4 is 28.0 Å². The minimum Gasteiger partial charge on any atom is -0.497 e. The van der Waals surface area contributed by atoms with E-state index in [1.807, 2.05) is 24.3 Å². The molecule has 4 rings (SSSR count). The summed E-state index contributed by atoms with van der Waals surface area (Å²) >= 11 is 0. The number of hydrogen-bond acceptors (Lipinski definition) is 5. The Morgan fingerprint density at radius 3 is 2.68 bits per heavy atom. The van der Waals surface area contributed by atoms with Crippen LogP contribution in [0.5, 0.6) is 5.75 Å². The van der Waals surface area contributed by atoms with E-state index in [-0.39, 0.29) is 18.1 Å². The number of aromatic nitrogens is 2. The second kappa shape index (κ2) is 7.15. The number of rotatable bonds is 5. The summed E-state index contributed by atoms with van der Waals surface area (Å²) in [6.45, 7) is 1.99. The van der Waals surface area contributed by atoms with E-state index in [1.165, 1.54) is 4.52 Å². The Balaban J connectivity index is 1.97. The molecule has 0 bridgehead atoms. The molecule has 0 aliphatic heterocycles. The lowest BCUT2D eigenvalue weighted by molar-refractivity contribution is 0.0529. The zero-order valence-corrected chi connectivity index (χ0v) is 15.5. The van der Waals surface area contributed by atoms with Gasteiger partial charge >= 0.3 is 5.97 Å². The van der Waals surface area contributed by atoms with E-state index in [1.54, 1.807) is 50.6 Å². The van der Waals surface area contributed by atoms with E-state index in [4.69, 9.17) is 9.47 Å². The predicted molar refractivity (Wildman–Crippen MR) is 105 cm³/mol. The van der Waals surface area contributed by atoms with Crippen molar-refractivity contribution in [2.24, 2.45) is 0 Å². The first kappa shape index (κ1) is 17.7. The monoisotopic (exact) mass is 374 g/mol. The fourth-order valence-electron chi connectivity index (χ4n) is 3.26. The Bertz CT molecular complexity index is 1210. The summed E-state index contributed by atoms with van der Waals surface area (Å²) in [5.41, 5.74) is 1.61. The van der Waals surface area contributed by atoms with E-state index >= 15 is 0 Å². The van der Waals surface area contributed by atoms with Gasteiger partial charge in [-0.2, -0.15) is 5.10 Å². The van der Waals surface area contributed by atoms with Crippen LogP contribution in [0.3, 0.4) is 0 Å². The zero-order chi connectivity index (χ0) is 19.7. The Labute approximate surface area is 161 Å². The van der Waals surface area contributed by atoms with Gasteiger partial charge in [-0.1, -0.05) is 36.4 Å². The van der Waals surface area contributed by atoms with Crippen LogP contribution < -0.4 is 4.74 Å².